The van der Waals surface area contributed by atoms with Crippen LogP contribution in [0.25, 0.3) is 0 Å². The average Bonchev–Trinajstić information content (AvgIpc) is 2.90. The number of aryl methyl sites for hydroxylation is 1. The molecule has 0 amide bonds. The van der Waals surface area contributed by atoms with Crippen molar-refractivity contribution < 1.29 is 0 Å². The Hall–Kier alpha value is -0.640. The van der Waals surface area contributed by atoms with Crippen molar-refractivity contribution in [2.24, 2.45) is 5.92 Å². The zero-order valence-electron chi connectivity index (χ0n) is 7.55. The van der Waals surface area contributed by atoms with Crippen molar-refractivity contribution in [1.82, 2.24) is 9.97 Å². The number of nitrogens with one attached hydrogen (secondary N) is 1. The molecule has 0 aliphatic heterocycles. The molecule has 70 valence electrons. The minimum Gasteiger partial charge on any atom is -0.369 e. The van der Waals surface area contributed by atoms with Gasteiger partial charge in [-0.05, 0) is 41.6 Å². The van der Waals surface area contributed by atoms with Crippen molar-refractivity contribution in [2.45, 2.75) is 19.8 Å². The van der Waals surface area contributed by atoms with E-state index in [1.54, 1.807) is 6.20 Å². The van der Waals surface area contributed by atoms with E-state index < -0.39 is 0 Å². The second-order valence-corrected chi connectivity index (χ2v) is 4.29. The lowest BCUT2D eigenvalue weighted by molar-refractivity contribution is 0.876. The Kier molecular flexibility index (Phi) is 2.49. The summed E-state index contributed by atoms with van der Waals surface area (Å²) in [5.74, 6) is 2.59. The fourth-order valence-electron chi connectivity index (χ4n) is 1.14. The minimum atomic E-state index is 0.807. The fourth-order valence-corrected chi connectivity index (χ4v) is 1.47. The highest BCUT2D eigenvalue weighted by Crippen LogP contribution is 2.29. The summed E-state index contributed by atoms with van der Waals surface area (Å²) in [6, 6.07) is 0. The van der Waals surface area contributed by atoms with Gasteiger partial charge in [-0.25, -0.2) is 9.97 Å². The van der Waals surface area contributed by atoms with Crippen molar-refractivity contribution in [3.8, 4) is 0 Å². The lowest BCUT2D eigenvalue weighted by Gasteiger charge is -2.06. The van der Waals surface area contributed by atoms with Gasteiger partial charge in [-0.2, -0.15) is 0 Å². The molecule has 1 saturated carbocycles. The van der Waals surface area contributed by atoms with E-state index in [0.29, 0.717) is 0 Å². The predicted octanol–water partition coefficient (Wildman–Crippen LogP) is 2.37. The number of hydrogen-bond donors (Lipinski definition) is 1. The van der Waals surface area contributed by atoms with Crippen LogP contribution in [0.3, 0.4) is 0 Å². The van der Waals surface area contributed by atoms with Crippen molar-refractivity contribution >= 4 is 21.7 Å². The van der Waals surface area contributed by atoms with Gasteiger partial charge in [-0.3, -0.25) is 0 Å². The third-order valence-electron chi connectivity index (χ3n) is 2.12. The van der Waals surface area contributed by atoms with Gasteiger partial charge in [0, 0.05) is 12.7 Å². The van der Waals surface area contributed by atoms with Crippen LogP contribution in [0.2, 0.25) is 0 Å². The highest BCUT2D eigenvalue weighted by atomic mass is 79.9. The molecule has 1 aliphatic rings. The van der Waals surface area contributed by atoms with Gasteiger partial charge in [0.15, 0.2) is 0 Å². The highest BCUT2D eigenvalue weighted by molar-refractivity contribution is 9.10. The van der Waals surface area contributed by atoms with Gasteiger partial charge in [0.25, 0.3) is 0 Å². The van der Waals surface area contributed by atoms with E-state index >= 15 is 0 Å². The van der Waals surface area contributed by atoms with E-state index in [1.807, 2.05) is 6.92 Å². The summed E-state index contributed by atoms with van der Waals surface area (Å²) < 4.78 is 0.943. The standard InChI is InChI=1S/C9H12BrN3/c1-6-11-5-8(10)9(13-6)12-4-7-2-3-7/h5,7H,2-4H2,1H3,(H,11,12,13). The molecule has 1 heterocycles. The van der Waals surface area contributed by atoms with E-state index in [4.69, 9.17) is 0 Å². The van der Waals surface area contributed by atoms with Gasteiger partial charge in [0.05, 0.1) is 4.47 Å². The minimum absolute atomic E-state index is 0.807. The van der Waals surface area contributed by atoms with Gasteiger partial charge >= 0.3 is 0 Å². The van der Waals surface area contributed by atoms with Gasteiger partial charge in [0.1, 0.15) is 11.6 Å². The lowest BCUT2D eigenvalue weighted by Crippen LogP contribution is -2.06. The first-order valence-electron chi connectivity index (χ1n) is 4.48. The van der Waals surface area contributed by atoms with Crippen molar-refractivity contribution in [1.29, 1.82) is 0 Å². The molecule has 0 saturated heterocycles. The molecule has 0 bridgehead atoms. The van der Waals surface area contributed by atoms with Gasteiger partial charge in [-0.1, -0.05) is 0 Å². The van der Waals surface area contributed by atoms with Crippen molar-refractivity contribution in [3.63, 3.8) is 0 Å². The first-order valence-corrected chi connectivity index (χ1v) is 5.28. The molecular formula is C9H12BrN3. The summed E-state index contributed by atoms with van der Waals surface area (Å²) in [6.07, 6.45) is 4.50. The summed E-state index contributed by atoms with van der Waals surface area (Å²) in [6.45, 7) is 2.93. The first kappa shape index (κ1) is 8.94. The molecule has 2 rings (SSSR count). The SMILES string of the molecule is Cc1ncc(Br)c(NCC2CC2)n1. The Morgan fingerprint density at radius 3 is 3.08 bits per heavy atom. The van der Waals surface area contributed by atoms with Crippen LogP contribution in [-0.4, -0.2) is 16.5 Å². The normalized spacial score (nSPS) is 15.8. The molecule has 1 aromatic heterocycles. The Morgan fingerprint density at radius 2 is 2.38 bits per heavy atom. The molecule has 1 N–H and O–H groups in total. The van der Waals surface area contributed by atoms with Crippen LogP contribution in [0.1, 0.15) is 18.7 Å². The molecular weight excluding hydrogens is 230 g/mol. The zero-order chi connectivity index (χ0) is 9.26. The smallest absolute Gasteiger partial charge is 0.144 e. The Bertz CT molecular complexity index is 310. The largest absolute Gasteiger partial charge is 0.369 e. The Morgan fingerprint density at radius 1 is 1.62 bits per heavy atom. The third-order valence-corrected chi connectivity index (χ3v) is 2.70. The molecule has 0 aromatic carbocycles. The highest BCUT2D eigenvalue weighted by Gasteiger charge is 2.21. The summed E-state index contributed by atoms with van der Waals surface area (Å²) in [5.41, 5.74) is 0. The predicted molar refractivity (Wildman–Crippen MR) is 55.7 cm³/mol. The van der Waals surface area contributed by atoms with Crippen LogP contribution in [0.5, 0.6) is 0 Å². The maximum atomic E-state index is 4.30. The third kappa shape index (κ3) is 2.40. The van der Waals surface area contributed by atoms with Crippen LogP contribution in [-0.2, 0) is 0 Å². The molecule has 13 heavy (non-hydrogen) atoms. The average molecular weight is 242 g/mol. The van der Waals surface area contributed by atoms with Gasteiger partial charge in [0.2, 0.25) is 0 Å². The zero-order valence-corrected chi connectivity index (χ0v) is 9.13. The molecule has 0 unspecified atom stereocenters. The number of aromatic nitrogens is 2. The van der Waals surface area contributed by atoms with E-state index in [9.17, 15) is 0 Å². The molecule has 0 radical (unpaired) electrons. The molecule has 0 atom stereocenters. The van der Waals surface area contributed by atoms with Crippen LogP contribution >= 0.6 is 15.9 Å². The van der Waals surface area contributed by atoms with E-state index in [0.717, 1.165) is 28.6 Å². The van der Waals surface area contributed by atoms with E-state index in [2.05, 4.69) is 31.2 Å². The van der Waals surface area contributed by atoms with Crippen LogP contribution in [0.4, 0.5) is 5.82 Å². The Labute approximate surface area is 86.1 Å². The molecule has 3 nitrogen and oxygen atoms in total. The topological polar surface area (TPSA) is 37.8 Å². The molecule has 1 fully saturated rings. The van der Waals surface area contributed by atoms with E-state index in [-0.39, 0.29) is 0 Å². The van der Waals surface area contributed by atoms with Gasteiger partial charge in [-0.15, -0.1) is 0 Å². The summed E-state index contributed by atoms with van der Waals surface area (Å²) >= 11 is 3.41. The quantitative estimate of drug-likeness (QED) is 0.884. The van der Waals surface area contributed by atoms with Gasteiger partial charge < -0.3 is 5.32 Å². The Balaban J connectivity index is 2.03. The maximum Gasteiger partial charge on any atom is 0.144 e. The first-order chi connectivity index (χ1) is 6.25. The monoisotopic (exact) mass is 241 g/mol. The van der Waals surface area contributed by atoms with Crippen molar-refractivity contribution in [2.75, 3.05) is 11.9 Å². The number of anilines is 1. The van der Waals surface area contributed by atoms with E-state index in [1.165, 1.54) is 12.8 Å². The summed E-state index contributed by atoms with van der Waals surface area (Å²) in [5, 5.41) is 3.32. The number of rotatable bonds is 3. The maximum absolute atomic E-state index is 4.30. The number of halogens is 1. The fraction of sp³-hybridized carbons (Fsp3) is 0.556. The lowest BCUT2D eigenvalue weighted by atomic mass is 10.4. The number of nitrogens with zero attached hydrogens (tertiary/aromatic N) is 2. The number of hydrogen-bond acceptors (Lipinski definition) is 3. The van der Waals surface area contributed by atoms with Crippen LogP contribution in [0, 0.1) is 12.8 Å². The van der Waals surface area contributed by atoms with Crippen LogP contribution in [0.15, 0.2) is 10.7 Å². The molecule has 0 spiro atoms. The molecule has 1 aliphatic carbocycles. The summed E-state index contributed by atoms with van der Waals surface area (Å²) in [4.78, 5) is 8.39. The van der Waals surface area contributed by atoms with Crippen LogP contribution < -0.4 is 5.32 Å². The van der Waals surface area contributed by atoms with Crippen molar-refractivity contribution in [3.05, 3.63) is 16.5 Å². The second kappa shape index (κ2) is 3.62. The second-order valence-electron chi connectivity index (χ2n) is 3.44. The summed E-state index contributed by atoms with van der Waals surface area (Å²) in [7, 11) is 0. The molecule has 1 aromatic rings. The molecule has 4 heteroatoms.